The Kier molecular flexibility index (Phi) is 2.29. The van der Waals surface area contributed by atoms with Crippen LogP contribution in [0.5, 0.6) is 0 Å². The molecule has 1 atom stereocenters. The van der Waals surface area contributed by atoms with Gasteiger partial charge in [-0.05, 0) is 18.8 Å². The summed E-state index contributed by atoms with van der Waals surface area (Å²) in [5.74, 6) is 0.630. The van der Waals surface area contributed by atoms with Crippen LogP contribution in [0.2, 0.25) is 0 Å². The Balaban J connectivity index is 1.95. The summed E-state index contributed by atoms with van der Waals surface area (Å²) < 4.78 is 0. The van der Waals surface area contributed by atoms with Crippen molar-refractivity contribution in [3.05, 3.63) is 12.7 Å². The van der Waals surface area contributed by atoms with E-state index in [4.69, 9.17) is 0 Å². The Hall–Kier alpha value is -0.300. The molecule has 1 saturated carbocycles. The van der Waals surface area contributed by atoms with Crippen LogP contribution >= 0.6 is 0 Å². The Labute approximate surface area is 57.1 Å². The van der Waals surface area contributed by atoms with Gasteiger partial charge in [0.2, 0.25) is 0 Å². The summed E-state index contributed by atoms with van der Waals surface area (Å²) in [7, 11) is 0. The molecule has 0 amide bonds. The molecule has 0 aromatic heterocycles. The quantitative estimate of drug-likeness (QED) is 0.562. The minimum Gasteiger partial charge on any atom is -0.313 e. The SMILES string of the molecule is C=CC(C)CNC1CC1. The van der Waals surface area contributed by atoms with Gasteiger partial charge >= 0.3 is 0 Å². The lowest BCUT2D eigenvalue weighted by molar-refractivity contribution is 0.591. The fourth-order valence-corrected chi connectivity index (χ4v) is 0.723. The molecule has 1 nitrogen and oxygen atoms in total. The first-order valence-electron chi connectivity index (χ1n) is 3.69. The fraction of sp³-hybridized carbons (Fsp3) is 0.750. The van der Waals surface area contributed by atoms with Gasteiger partial charge in [0, 0.05) is 12.6 Å². The standard InChI is InChI=1S/C8H15N/c1-3-7(2)6-9-8-4-5-8/h3,7-9H,1,4-6H2,2H3. The Morgan fingerprint density at radius 2 is 2.44 bits per heavy atom. The van der Waals surface area contributed by atoms with Crippen LogP contribution < -0.4 is 5.32 Å². The van der Waals surface area contributed by atoms with Gasteiger partial charge in [-0.2, -0.15) is 0 Å². The average Bonchev–Trinajstić information content (AvgIpc) is 2.65. The zero-order chi connectivity index (χ0) is 6.69. The van der Waals surface area contributed by atoms with Crippen molar-refractivity contribution in [1.29, 1.82) is 0 Å². The van der Waals surface area contributed by atoms with Crippen LogP contribution in [0.25, 0.3) is 0 Å². The number of hydrogen-bond donors (Lipinski definition) is 1. The highest BCUT2D eigenvalue weighted by molar-refractivity contribution is 4.84. The van der Waals surface area contributed by atoms with E-state index in [1.54, 1.807) is 0 Å². The van der Waals surface area contributed by atoms with Crippen molar-refractivity contribution in [3.63, 3.8) is 0 Å². The molecule has 0 bridgehead atoms. The largest absolute Gasteiger partial charge is 0.313 e. The van der Waals surface area contributed by atoms with Gasteiger partial charge in [-0.3, -0.25) is 0 Å². The molecule has 0 saturated heterocycles. The molecule has 0 aliphatic heterocycles. The van der Waals surface area contributed by atoms with Crippen LogP contribution in [-0.4, -0.2) is 12.6 Å². The first-order chi connectivity index (χ1) is 4.33. The van der Waals surface area contributed by atoms with E-state index in [0.29, 0.717) is 5.92 Å². The molecule has 1 N–H and O–H groups in total. The summed E-state index contributed by atoms with van der Waals surface area (Å²) in [6.07, 6.45) is 4.75. The molecule has 1 aliphatic carbocycles. The highest BCUT2D eigenvalue weighted by Gasteiger charge is 2.19. The highest BCUT2D eigenvalue weighted by atomic mass is 14.9. The topological polar surface area (TPSA) is 12.0 Å². The third-order valence-electron chi connectivity index (χ3n) is 1.71. The third kappa shape index (κ3) is 2.66. The summed E-state index contributed by atoms with van der Waals surface area (Å²) in [5, 5.41) is 3.44. The molecule has 1 aliphatic rings. The minimum absolute atomic E-state index is 0.630. The Morgan fingerprint density at radius 3 is 2.89 bits per heavy atom. The smallest absolute Gasteiger partial charge is 0.00684 e. The van der Waals surface area contributed by atoms with Crippen LogP contribution in [0.15, 0.2) is 12.7 Å². The summed E-state index contributed by atoms with van der Waals surface area (Å²) in [6.45, 7) is 7.01. The van der Waals surface area contributed by atoms with Crippen LogP contribution in [-0.2, 0) is 0 Å². The third-order valence-corrected chi connectivity index (χ3v) is 1.71. The van der Waals surface area contributed by atoms with Gasteiger partial charge in [-0.15, -0.1) is 6.58 Å². The van der Waals surface area contributed by atoms with Gasteiger partial charge in [0.15, 0.2) is 0 Å². The van der Waals surface area contributed by atoms with E-state index in [0.717, 1.165) is 12.6 Å². The molecule has 52 valence electrons. The zero-order valence-corrected chi connectivity index (χ0v) is 6.06. The van der Waals surface area contributed by atoms with E-state index in [2.05, 4.69) is 18.8 Å². The lowest BCUT2D eigenvalue weighted by atomic mass is 10.2. The van der Waals surface area contributed by atoms with Crippen LogP contribution in [0.4, 0.5) is 0 Å². The normalized spacial score (nSPS) is 21.4. The molecule has 9 heavy (non-hydrogen) atoms. The van der Waals surface area contributed by atoms with Crippen molar-refractivity contribution in [2.75, 3.05) is 6.54 Å². The van der Waals surface area contributed by atoms with Crippen molar-refractivity contribution in [1.82, 2.24) is 5.32 Å². The summed E-state index contributed by atoms with van der Waals surface area (Å²) in [4.78, 5) is 0. The maximum absolute atomic E-state index is 3.72. The van der Waals surface area contributed by atoms with E-state index >= 15 is 0 Å². The maximum atomic E-state index is 3.72. The molecular weight excluding hydrogens is 110 g/mol. The lowest BCUT2D eigenvalue weighted by Gasteiger charge is -2.05. The van der Waals surface area contributed by atoms with Gasteiger partial charge < -0.3 is 5.32 Å². The molecule has 0 aromatic carbocycles. The van der Waals surface area contributed by atoms with Crippen molar-refractivity contribution >= 4 is 0 Å². The highest BCUT2D eigenvalue weighted by Crippen LogP contribution is 2.18. The molecule has 1 unspecified atom stereocenters. The Bertz CT molecular complexity index is 94.7. The molecule has 1 heteroatoms. The second-order valence-electron chi connectivity index (χ2n) is 2.90. The average molecular weight is 125 g/mol. The van der Waals surface area contributed by atoms with Gasteiger partial charge in [0.25, 0.3) is 0 Å². The molecular formula is C8H15N. The fourth-order valence-electron chi connectivity index (χ4n) is 0.723. The van der Waals surface area contributed by atoms with Gasteiger partial charge in [0.1, 0.15) is 0 Å². The molecule has 0 aromatic rings. The minimum atomic E-state index is 0.630. The first-order valence-corrected chi connectivity index (χ1v) is 3.69. The van der Waals surface area contributed by atoms with Crippen molar-refractivity contribution in [2.24, 2.45) is 5.92 Å². The monoisotopic (exact) mass is 125 g/mol. The zero-order valence-electron chi connectivity index (χ0n) is 6.06. The maximum Gasteiger partial charge on any atom is 0.00684 e. The molecule has 0 spiro atoms. The van der Waals surface area contributed by atoms with Crippen LogP contribution in [0.1, 0.15) is 19.8 Å². The van der Waals surface area contributed by atoms with Crippen LogP contribution in [0.3, 0.4) is 0 Å². The van der Waals surface area contributed by atoms with Gasteiger partial charge in [-0.1, -0.05) is 13.0 Å². The molecule has 1 fully saturated rings. The summed E-state index contributed by atoms with van der Waals surface area (Å²) in [6, 6.07) is 0.840. The van der Waals surface area contributed by atoms with Crippen molar-refractivity contribution in [2.45, 2.75) is 25.8 Å². The van der Waals surface area contributed by atoms with Crippen molar-refractivity contribution in [3.8, 4) is 0 Å². The predicted octanol–water partition coefficient (Wildman–Crippen LogP) is 1.56. The first kappa shape index (κ1) is 6.81. The van der Waals surface area contributed by atoms with Crippen LogP contribution in [0, 0.1) is 5.92 Å². The number of nitrogens with one attached hydrogen (secondary N) is 1. The molecule has 0 heterocycles. The number of hydrogen-bond acceptors (Lipinski definition) is 1. The molecule has 1 rings (SSSR count). The van der Waals surface area contributed by atoms with E-state index in [9.17, 15) is 0 Å². The predicted molar refractivity (Wildman–Crippen MR) is 40.4 cm³/mol. The second-order valence-corrected chi connectivity index (χ2v) is 2.90. The summed E-state index contributed by atoms with van der Waals surface area (Å²) in [5.41, 5.74) is 0. The molecule has 0 radical (unpaired) electrons. The van der Waals surface area contributed by atoms with E-state index < -0.39 is 0 Å². The second kappa shape index (κ2) is 3.02. The van der Waals surface area contributed by atoms with Gasteiger partial charge in [0.05, 0.1) is 0 Å². The van der Waals surface area contributed by atoms with E-state index in [1.807, 2.05) is 6.08 Å². The Morgan fingerprint density at radius 1 is 1.78 bits per heavy atom. The van der Waals surface area contributed by atoms with E-state index in [-0.39, 0.29) is 0 Å². The van der Waals surface area contributed by atoms with E-state index in [1.165, 1.54) is 12.8 Å². The van der Waals surface area contributed by atoms with Gasteiger partial charge in [-0.25, -0.2) is 0 Å². The number of rotatable bonds is 4. The van der Waals surface area contributed by atoms with Crippen molar-refractivity contribution < 1.29 is 0 Å². The lowest BCUT2D eigenvalue weighted by Crippen LogP contribution is -2.21. The summed E-state index contributed by atoms with van der Waals surface area (Å²) >= 11 is 0.